The largest absolute Gasteiger partial charge is 0.492 e. The fourth-order valence-corrected chi connectivity index (χ4v) is 3.21. The molecular weight excluding hydrogens is 398 g/mol. The Bertz CT molecular complexity index is 597. The molecule has 0 aliphatic carbocycles. The molecule has 0 radical (unpaired) electrons. The predicted molar refractivity (Wildman–Crippen MR) is 82.8 cm³/mol. The average Bonchev–Trinajstić information content (AvgIpc) is 2.77. The number of oxazole rings is 1. The highest BCUT2D eigenvalue weighted by Crippen LogP contribution is 2.28. The molecule has 4 nitrogen and oxygen atoms in total. The van der Waals surface area contributed by atoms with Crippen molar-refractivity contribution in [1.29, 1.82) is 0 Å². The molecule has 0 aliphatic rings. The van der Waals surface area contributed by atoms with Crippen LogP contribution in [0.2, 0.25) is 0 Å². The Morgan fingerprint density at radius 1 is 1.37 bits per heavy atom. The van der Waals surface area contributed by atoms with E-state index in [1.807, 2.05) is 18.2 Å². The number of hydrogen-bond donors (Lipinski definition) is 1. The standard InChI is InChI=1S/C12H11Br2NO3S/c13-8-1-2-11(10(14)5-8)17-3-4-19-7-9-6-15-12(16)18-9/h1-2,5-6H,3-4,7H2,(H,15,16). The van der Waals surface area contributed by atoms with E-state index in [1.165, 1.54) is 0 Å². The number of benzene rings is 1. The SMILES string of the molecule is O=c1[nH]cc(CSCCOc2ccc(Br)cc2Br)o1. The molecule has 19 heavy (non-hydrogen) atoms. The van der Waals surface area contributed by atoms with Crippen LogP contribution >= 0.6 is 43.6 Å². The third kappa shape index (κ3) is 4.74. The summed E-state index contributed by atoms with van der Waals surface area (Å²) in [5, 5.41) is 0. The van der Waals surface area contributed by atoms with Crippen LogP contribution in [0.3, 0.4) is 0 Å². The number of thioether (sulfide) groups is 1. The van der Waals surface area contributed by atoms with Crippen LogP contribution in [0, 0.1) is 0 Å². The monoisotopic (exact) mass is 407 g/mol. The number of hydrogen-bond acceptors (Lipinski definition) is 4. The zero-order chi connectivity index (χ0) is 13.7. The van der Waals surface area contributed by atoms with Crippen molar-refractivity contribution in [3.8, 4) is 5.75 Å². The Labute approximate surface area is 131 Å². The van der Waals surface area contributed by atoms with Crippen LogP contribution in [0.1, 0.15) is 5.76 Å². The smallest absolute Gasteiger partial charge is 0.416 e. The van der Waals surface area contributed by atoms with Gasteiger partial charge in [-0.25, -0.2) is 4.79 Å². The minimum absolute atomic E-state index is 0.411. The number of ether oxygens (including phenoxy) is 1. The summed E-state index contributed by atoms with van der Waals surface area (Å²) in [7, 11) is 0. The van der Waals surface area contributed by atoms with Crippen LogP contribution in [-0.2, 0) is 5.75 Å². The first-order valence-electron chi connectivity index (χ1n) is 5.48. The molecule has 1 aromatic carbocycles. The van der Waals surface area contributed by atoms with E-state index in [-0.39, 0.29) is 0 Å². The second kappa shape index (κ2) is 7.21. The number of rotatable bonds is 6. The van der Waals surface area contributed by atoms with Crippen LogP contribution in [0.25, 0.3) is 0 Å². The third-order valence-corrected chi connectivity index (χ3v) is 4.26. The zero-order valence-corrected chi connectivity index (χ0v) is 13.8. The summed E-state index contributed by atoms with van der Waals surface area (Å²) < 4.78 is 12.5. The van der Waals surface area contributed by atoms with Crippen LogP contribution in [0.5, 0.6) is 5.75 Å². The van der Waals surface area contributed by atoms with Crippen molar-refractivity contribution in [2.45, 2.75) is 5.75 Å². The van der Waals surface area contributed by atoms with Crippen molar-refractivity contribution in [3.05, 3.63) is 49.7 Å². The van der Waals surface area contributed by atoms with Gasteiger partial charge in [0.1, 0.15) is 11.5 Å². The maximum atomic E-state index is 10.8. The second-order valence-corrected chi connectivity index (χ2v) is 6.50. The van der Waals surface area contributed by atoms with Crippen LogP contribution < -0.4 is 10.5 Å². The first-order chi connectivity index (χ1) is 9.15. The molecule has 2 aromatic rings. The van der Waals surface area contributed by atoms with Crippen molar-refractivity contribution in [2.24, 2.45) is 0 Å². The summed E-state index contributed by atoms with van der Waals surface area (Å²) in [6.07, 6.45) is 1.58. The topological polar surface area (TPSA) is 55.2 Å². The lowest BCUT2D eigenvalue weighted by molar-refractivity contribution is 0.341. The molecule has 1 aromatic heterocycles. The summed E-state index contributed by atoms with van der Waals surface area (Å²) in [6, 6.07) is 5.78. The van der Waals surface area contributed by atoms with E-state index in [9.17, 15) is 4.79 Å². The Morgan fingerprint density at radius 2 is 2.21 bits per heavy atom. The molecule has 102 valence electrons. The Morgan fingerprint density at radius 3 is 2.89 bits per heavy atom. The van der Waals surface area contributed by atoms with Gasteiger partial charge in [-0.2, -0.15) is 11.8 Å². The van der Waals surface area contributed by atoms with E-state index in [2.05, 4.69) is 36.8 Å². The highest BCUT2D eigenvalue weighted by Gasteiger charge is 2.02. The summed E-state index contributed by atoms with van der Waals surface area (Å²) in [5.41, 5.74) is 0. The molecule has 2 rings (SSSR count). The quantitative estimate of drug-likeness (QED) is 0.738. The molecule has 0 aliphatic heterocycles. The Balaban J connectivity index is 1.70. The second-order valence-electron chi connectivity index (χ2n) is 3.62. The lowest BCUT2D eigenvalue weighted by atomic mass is 10.3. The Kier molecular flexibility index (Phi) is 5.59. The van der Waals surface area contributed by atoms with Gasteiger partial charge in [0, 0.05) is 16.4 Å². The highest BCUT2D eigenvalue weighted by molar-refractivity contribution is 9.11. The van der Waals surface area contributed by atoms with Crippen LogP contribution in [0.4, 0.5) is 0 Å². The van der Waals surface area contributed by atoms with Gasteiger partial charge >= 0.3 is 5.76 Å². The van der Waals surface area contributed by atoms with Gasteiger partial charge in [0.2, 0.25) is 0 Å². The molecule has 0 spiro atoms. The molecule has 1 heterocycles. The van der Waals surface area contributed by atoms with Crippen molar-refractivity contribution in [1.82, 2.24) is 4.98 Å². The van der Waals surface area contributed by atoms with Gasteiger partial charge in [0.05, 0.1) is 16.8 Å². The minimum atomic E-state index is -0.411. The molecule has 0 unspecified atom stereocenters. The zero-order valence-electron chi connectivity index (χ0n) is 9.82. The first-order valence-corrected chi connectivity index (χ1v) is 8.22. The third-order valence-electron chi connectivity index (χ3n) is 2.20. The fourth-order valence-electron chi connectivity index (χ4n) is 1.36. The first kappa shape index (κ1) is 14.7. The van der Waals surface area contributed by atoms with Crippen molar-refractivity contribution < 1.29 is 9.15 Å². The highest BCUT2D eigenvalue weighted by atomic mass is 79.9. The van der Waals surface area contributed by atoms with Crippen molar-refractivity contribution >= 4 is 43.6 Å². The summed E-state index contributed by atoms with van der Waals surface area (Å²) in [4.78, 5) is 13.2. The molecule has 0 saturated heterocycles. The van der Waals surface area contributed by atoms with Gasteiger partial charge in [0.15, 0.2) is 0 Å². The van der Waals surface area contributed by atoms with E-state index < -0.39 is 5.76 Å². The number of aromatic nitrogens is 1. The van der Waals surface area contributed by atoms with Gasteiger partial charge < -0.3 is 9.15 Å². The molecule has 0 bridgehead atoms. The molecule has 0 amide bonds. The fraction of sp³-hybridized carbons (Fsp3) is 0.250. The average molecular weight is 409 g/mol. The molecule has 0 fully saturated rings. The van der Waals surface area contributed by atoms with Gasteiger partial charge in [-0.1, -0.05) is 15.9 Å². The predicted octanol–water partition coefficient (Wildman–Crippen LogP) is 3.81. The van der Waals surface area contributed by atoms with Crippen molar-refractivity contribution in [3.63, 3.8) is 0 Å². The normalized spacial score (nSPS) is 10.6. The van der Waals surface area contributed by atoms with Gasteiger partial charge in [-0.05, 0) is 34.1 Å². The lowest BCUT2D eigenvalue weighted by Crippen LogP contribution is -2.01. The van der Waals surface area contributed by atoms with Gasteiger partial charge in [-0.15, -0.1) is 0 Å². The van der Waals surface area contributed by atoms with E-state index in [1.54, 1.807) is 18.0 Å². The maximum absolute atomic E-state index is 10.8. The van der Waals surface area contributed by atoms with Gasteiger partial charge in [0.25, 0.3) is 0 Å². The summed E-state index contributed by atoms with van der Waals surface area (Å²) in [5.74, 6) is 2.53. The summed E-state index contributed by atoms with van der Waals surface area (Å²) >= 11 is 8.47. The molecule has 0 saturated carbocycles. The molecule has 1 N–H and O–H groups in total. The van der Waals surface area contributed by atoms with E-state index in [0.717, 1.165) is 20.4 Å². The van der Waals surface area contributed by atoms with Crippen LogP contribution in [0.15, 0.2) is 42.6 Å². The Hall–Kier alpha value is -0.660. The molecular formula is C12H11Br2NO3S. The lowest BCUT2D eigenvalue weighted by Gasteiger charge is -2.07. The minimum Gasteiger partial charge on any atom is -0.492 e. The van der Waals surface area contributed by atoms with Gasteiger partial charge in [-0.3, -0.25) is 4.98 Å². The number of H-pyrrole nitrogens is 1. The number of nitrogens with one attached hydrogen (secondary N) is 1. The molecule has 0 atom stereocenters. The van der Waals surface area contributed by atoms with Crippen molar-refractivity contribution in [2.75, 3.05) is 12.4 Å². The molecule has 7 heteroatoms. The van der Waals surface area contributed by atoms with E-state index in [0.29, 0.717) is 18.1 Å². The van der Waals surface area contributed by atoms with E-state index >= 15 is 0 Å². The van der Waals surface area contributed by atoms with Crippen LogP contribution in [-0.4, -0.2) is 17.3 Å². The maximum Gasteiger partial charge on any atom is 0.416 e. The number of halogens is 2. The summed E-state index contributed by atoms with van der Waals surface area (Å²) in [6.45, 7) is 0.597. The van der Waals surface area contributed by atoms with E-state index in [4.69, 9.17) is 9.15 Å². The number of aromatic amines is 1.